The smallest absolute Gasteiger partial charge is 0.241 e. The van der Waals surface area contributed by atoms with Gasteiger partial charge < -0.3 is 15.8 Å². The number of benzene rings is 1. The SMILES string of the molecule is CC(C)OCCNC(=O)C(N)c1ccccc1. The summed E-state index contributed by atoms with van der Waals surface area (Å²) in [7, 11) is 0. The van der Waals surface area contributed by atoms with Gasteiger partial charge in [-0.25, -0.2) is 0 Å². The van der Waals surface area contributed by atoms with Gasteiger partial charge in [0.15, 0.2) is 0 Å². The quantitative estimate of drug-likeness (QED) is 0.730. The molecule has 17 heavy (non-hydrogen) atoms. The van der Waals surface area contributed by atoms with Crippen molar-refractivity contribution in [2.75, 3.05) is 13.2 Å². The van der Waals surface area contributed by atoms with E-state index in [4.69, 9.17) is 10.5 Å². The normalized spacial score (nSPS) is 12.5. The number of carbonyl (C=O) groups excluding carboxylic acids is 1. The molecule has 94 valence electrons. The molecule has 0 aliphatic rings. The zero-order valence-corrected chi connectivity index (χ0v) is 10.3. The summed E-state index contributed by atoms with van der Waals surface area (Å²) in [6, 6.07) is 8.69. The highest BCUT2D eigenvalue weighted by molar-refractivity contribution is 5.82. The predicted octanol–water partition coefficient (Wildman–Crippen LogP) is 1.23. The molecule has 0 heterocycles. The average molecular weight is 236 g/mol. The van der Waals surface area contributed by atoms with Gasteiger partial charge in [0.2, 0.25) is 5.91 Å². The molecule has 0 aliphatic heterocycles. The summed E-state index contributed by atoms with van der Waals surface area (Å²) >= 11 is 0. The molecule has 0 radical (unpaired) electrons. The molecular weight excluding hydrogens is 216 g/mol. The number of nitrogens with two attached hydrogens (primary N) is 1. The van der Waals surface area contributed by atoms with Crippen LogP contribution in [0.2, 0.25) is 0 Å². The molecule has 4 nitrogen and oxygen atoms in total. The third kappa shape index (κ3) is 4.97. The summed E-state index contributed by atoms with van der Waals surface area (Å²) in [5, 5.41) is 2.75. The second-order valence-corrected chi connectivity index (χ2v) is 4.10. The van der Waals surface area contributed by atoms with Crippen molar-refractivity contribution >= 4 is 5.91 Å². The fourth-order valence-electron chi connectivity index (χ4n) is 1.39. The molecule has 0 saturated carbocycles. The Morgan fingerprint density at radius 2 is 2.00 bits per heavy atom. The van der Waals surface area contributed by atoms with Gasteiger partial charge in [0.05, 0.1) is 12.7 Å². The van der Waals surface area contributed by atoms with Crippen molar-refractivity contribution in [3.63, 3.8) is 0 Å². The minimum atomic E-state index is -0.616. The van der Waals surface area contributed by atoms with Crippen LogP contribution in [0.5, 0.6) is 0 Å². The molecule has 1 aromatic carbocycles. The summed E-state index contributed by atoms with van der Waals surface area (Å²) in [6.07, 6.45) is 0.176. The first-order valence-corrected chi connectivity index (χ1v) is 5.81. The van der Waals surface area contributed by atoms with Crippen LogP contribution in [0.25, 0.3) is 0 Å². The van der Waals surface area contributed by atoms with E-state index in [0.29, 0.717) is 13.2 Å². The van der Waals surface area contributed by atoms with Crippen LogP contribution in [0.15, 0.2) is 30.3 Å². The Labute approximate surface area is 102 Å². The Kier molecular flexibility index (Phi) is 5.66. The lowest BCUT2D eigenvalue weighted by Crippen LogP contribution is -2.36. The van der Waals surface area contributed by atoms with Gasteiger partial charge in [0, 0.05) is 6.54 Å². The molecule has 0 fully saturated rings. The van der Waals surface area contributed by atoms with E-state index >= 15 is 0 Å². The van der Waals surface area contributed by atoms with Crippen LogP contribution in [-0.4, -0.2) is 25.2 Å². The third-order valence-electron chi connectivity index (χ3n) is 2.29. The highest BCUT2D eigenvalue weighted by Gasteiger charge is 2.14. The van der Waals surface area contributed by atoms with Crippen LogP contribution >= 0.6 is 0 Å². The molecular formula is C13H20N2O2. The molecule has 1 amide bonds. The van der Waals surface area contributed by atoms with E-state index in [-0.39, 0.29) is 12.0 Å². The predicted molar refractivity (Wildman–Crippen MR) is 67.5 cm³/mol. The van der Waals surface area contributed by atoms with Gasteiger partial charge in [-0.1, -0.05) is 30.3 Å². The largest absolute Gasteiger partial charge is 0.377 e. The lowest BCUT2D eigenvalue weighted by atomic mass is 10.1. The fraction of sp³-hybridized carbons (Fsp3) is 0.462. The van der Waals surface area contributed by atoms with Gasteiger partial charge in [-0.15, -0.1) is 0 Å². The summed E-state index contributed by atoms with van der Waals surface area (Å²) in [4.78, 5) is 11.7. The number of carbonyl (C=O) groups is 1. The monoisotopic (exact) mass is 236 g/mol. The maximum atomic E-state index is 11.7. The first-order chi connectivity index (χ1) is 8.11. The lowest BCUT2D eigenvalue weighted by Gasteiger charge is -2.13. The molecule has 1 rings (SSSR count). The standard InChI is InChI=1S/C13H20N2O2/c1-10(2)17-9-8-15-13(16)12(14)11-6-4-3-5-7-11/h3-7,10,12H,8-9,14H2,1-2H3,(H,15,16). The number of rotatable bonds is 6. The maximum absolute atomic E-state index is 11.7. The van der Waals surface area contributed by atoms with E-state index in [0.717, 1.165) is 5.56 Å². The van der Waals surface area contributed by atoms with E-state index in [1.54, 1.807) is 0 Å². The van der Waals surface area contributed by atoms with Crippen LogP contribution in [0.1, 0.15) is 25.5 Å². The minimum absolute atomic E-state index is 0.176. The maximum Gasteiger partial charge on any atom is 0.241 e. The van der Waals surface area contributed by atoms with Gasteiger partial charge in [0.1, 0.15) is 6.04 Å². The van der Waals surface area contributed by atoms with Crippen LogP contribution in [-0.2, 0) is 9.53 Å². The van der Waals surface area contributed by atoms with E-state index in [9.17, 15) is 4.79 Å². The first-order valence-electron chi connectivity index (χ1n) is 5.81. The second kappa shape index (κ2) is 7.04. The van der Waals surface area contributed by atoms with Crippen molar-refractivity contribution in [1.82, 2.24) is 5.32 Å². The number of nitrogens with one attached hydrogen (secondary N) is 1. The Morgan fingerprint density at radius 1 is 1.35 bits per heavy atom. The summed E-state index contributed by atoms with van der Waals surface area (Å²) in [6.45, 7) is 4.90. The highest BCUT2D eigenvalue weighted by atomic mass is 16.5. The summed E-state index contributed by atoms with van der Waals surface area (Å²) in [5.41, 5.74) is 6.64. The molecule has 1 aromatic rings. The van der Waals surface area contributed by atoms with Crippen molar-refractivity contribution in [2.45, 2.75) is 26.0 Å². The van der Waals surface area contributed by atoms with Crippen molar-refractivity contribution in [3.8, 4) is 0 Å². The Balaban J connectivity index is 2.33. The fourth-order valence-corrected chi connectivity index (χ4v) is 1.39. The van der Waals surface area contributed by atoms with Crippen LogP contribution in [0.3, 0.4) is 0 Å². The van der Waals surface area contributed by atoms with E-state index in [1.165, 1.54) is 0 Å². The molecule has 0 aromatic heterocycles. The van der Waals surface area contributed by atoms with Gasteiger partial charge in [-0.2, -0.15) is 0 Å². The van der Waals surface area contributed by atoms with Gasteiger partial charge >= 0.3 is 0 Å². The number of ether oxygens (including phenoxy) is 1. The Hall–Kier alpha value is -1.39. The van der Waals surface area contributed by atoms with Crippen molar-refractivity contribution in [2.24, 2.45) is 5.73 Å². The number of hydrogen-bond donors (Lipinski definition) is 2. The molecule has 0 saturated heterocycles. The molecule has 0 bridgehead atoms. The summed E-state index contributed by atoms with van der Waals surface area (Å²) in [5.74, 6) is -0.177. The van der Waals surface area contributed by atoms with Crippen molar-refractivity contribution in [1.29, 1.82) is 0 Å². The first kappa shape index (κ1) is 13.7. The van der Waals surface area contributed by atoms with Gasteiger partial charge in [-0.05, 0) is 19.4 Å². The van der Waals surface area contributed by atoms with Gasteiger partial charge in [0.25, 0.3) is 0 Å². The zero-order valence-electron chi connectivity index (χ0n) is 10.3. The van der Waals surface area contributed by atoms with E-state index in [2.05, 4.69) is 5.32 Å². The molecule has 3 N–H and O–H groups in total. The van der Waals surface area contributed by atoms with Crippen LogP contribution in [0.4, 0.5) is 0 Å². The lowest BCUT2D eigenvalue weighted by molar-refractivity contribution is -0.122. The Morgan fingerprint density at radius 3 is 2.59 bits per heavy atom. The van der Waals surface area contributed by atoms with Crippen molar-refractivity contribution < 1.29 is 9.53 Å². The topological polar surface area (TPSA) is 64.3 Å². The van der Waals surface area contributed by atoms with E-state index < -0.39 is 6.04 Å². The van der Waals surface area contributed by atoms with Crippen LogP contribution in [0, 0.1) is 0 Å². The van der Waals surface area contributed by atoms with Crippen LogP contribution < -0.4 is 11.1 Å². The van der Waals surface area contributed by atoms with Gasteiger partial charge in [-0.3, -0.25) is 4.79 Å². The molecule has 1 atom stereocenters. The molecule has 4 heteroatoms. The highest BCUT2D eigenvalue weighted by Crippen LogP contribution is 2.08. The second-order valence-electron chi connectivity index (χ2n) is 4.10. The number of hydrogen-bond acceptors (Lipinski definition) is 3. The van der Waals surface area contributed by atoms with Crippen molar-refractivity contribution in [3.05, 3.63) is 35.9 Å². The Bertz CT molecular complexity index is 339. The zero-order chi connectivity index (χ0) is 12.7. The third-order valence-corrected chi connectivity index (χ3v) is 2.29. The average Bonchev–Trinajstić information content (AvgIpc) is 2.34. The minimum Gasteiger partial charge on any atom is -0.377 e. The summed E-state index contributed by atoms with van der Waals surface area (Å²) < 4.78 is 5.32. The molecule has 1 unspecified atom stereocenters. The number of amides is 1. The molecule has 0 aliphatic carbocycles. The van der Waals surface area contributed by atoms with E-state index in [1.807, 2.05) is 44.2 Å². The molecule has 0 spiro atoms.